The molecule has 0 amide bonds. The van der Waals surface area contributed by atoms with Crippen LogP contribution in [0, 0.1) is 10.1 Å². The second-order valence-corrected chi connectivity index (χ2v) is 4.59. The van der Waals surface area contributed by atoms with Gasteiger partial charge in [0.1, 0.15) is 0 Å². The van der Waals surface area contributed by atoms with E-state index in [-0.39, 0.29) is 5.69 Å². The van der Waals surface area contributed by atoms with Crippen LogP contribution in [0.1, 0.15) is 5.56 Å². The third-order valence-corrected chi connectivity index (χ3v) is 3.29. The summed E-state index contributed by atoms with van der Waals surface area (Å²) in [5.41, 5.74) is 1.73. The number of non-ortho nitro benzene ring substituents is 1. The van der Waals surface area contributed by atoms with Crippen molar-refractivity contribution in [3.8, 4) is 0 Å². The zero-order valence-corrected chi connectivity index (χ0v) is 10.3. The minimum absolute atomic E-state index is 0.0298. The molecule has 1 heterocycles. The predicted octanol–water partition coefficient (Wildman–Crippen LogP) is 3.92. The van der Waals surface area contributed by atoms with Gasteiger partial charge in [0.15, 0.2) is 0 Å². The molecule has 0 unspecified atom stereocenters. The van der Waals surface area contributed by atoms with Crippen LogP contribution in [-0.4, -0.2) is 4.92 Å². The first-order valence-corrected chi connectivity index (χ1v) is 6.18. The number of nitrogens with zero attached hydrogens (tertiary/aromatic N) is 1. The first kappa shape index (κ1) is 11.9. The van der Waals surface area contributed by atoms with Gasteiger partial charge < -0.3 is 5.32 Å². The second-order valence-electron chi connectivity index (χ2n) is 3.41. The lowest BCUT2D eigenvalue weighted by Gasteiger charge is -2.06. The maximum atomic E-state index is 10.6. The van der Waals surface area contributed by atoms with Crippen molar-refractivity contribution in [2.24, 2.45) is 0 Å². The van der Waals surface area contributed by atoms with E-state index in [0.29, 0.717) is 17.3 Å². The minimum atomic E-state index is -0.438. The van der Waals surface area contributed by atoms with Crippen LogP contribution in [0.25, 0.3) is 0 Å². The highest BCUT2D eigenvalue weighted by Gasteiger charge is 2.09. The van der Waals surface area contributed by atoms with Crippen LogP contribution < -0.4 is 5.32 Å². The van der Waals surface area contributed by atoms with Crippen LogP contribution in [0.3, 0.4) is 0 Å². The average Bonchev–Trinajstić information content (AvgIpc) is 2.80. The van der Waals surface area contributed by atoms with Crippen molar-refractivity contribution in [3.63, 3.8) is 0 Å². The number of hydrogen-bond acceptors (Lipinski definition) is 4. The minimum Gasteiger partial charge on any atom is -0.380 e. The Morgan fingerprint density at radius 2 is 2.24 bits per heavy atom. The summed E-state index contributed by atoms with van der Waals surface area (Å²) in [6.07, 6.45) is 0. The largest absolute Gasteiger partial charge is 0.380 e. The quantitative estimate of drug-likeness (QED) is 0.675. The van der Waals surface area contributed by atoms with Crippen molar-refractivity contribution in [1.29, 1.82) is 0 Å². The van der Waals surface area contributed by atoms with E-state index in [1.165, 1.54) is 18.2 Å². The highest BCUT2D eigenvalue weighted by Crippen LogP contribution is 2.27. The predicted molar refractivity (Wildman–Crippen MR) is 69.8 cm³/mol. The number of nitro benzene ring substituents is 1. The monoisotopic (exact) mass is 268 g/mol. The van der Waals surface area contributed by atoms with Crippen LogP contribution >= 0.6 is 22.9 Å². The van der Waals surface area contributed by atoms with Gasteiger partial charge in [-0.1, -0.05) is 11.6 Å². The molecule has 0 spiro atoms. The fourth-order valence-electron chi connectivity index (χ4n) is 1.35. The zero-order valence-electron chi connectivity index (χ0n) is 8.72. The topological polar surface area (TPSA) is 55.2 Å². The van der Waals surface area contributed by atoms with Crippen LogP contribution in [0.4, 0.5) is 11.4 Å². The Hall–Kier alpha value is -1.59. The normalized spacial score (nSPS) is 10.2. The molecule has 17 heavy (non-hydrogen) atoms. The number of anilines is 1. The smallest absolute Gasteiger partial charge is 0.271 e. The van der Waals surface area contributed by atoms with Gasteiger partial charge in [0.25, 0.3) is 5.69 Å². The molecule has 1 aromatic heterocycles. The molecule has 0 aliphatic carbocycles. The van der Waals surface area contributed by atoms with Gasteiger partial charge in [-0.15, -0.1) is 0 Å². The van der Waals surface area contributed by atoms with Crippen molar-refractivity contribution in [2.75, 3.05) is 5.32 Å². The van der Waals surface area contributed by atoms with E-state index in [9.17, 15) is 10.1 Å². The van der Waals surface area contributed by atoms with Gasteiger partial charge in [-0.05, 0) is 28.5 Å². The van der Waals surface area contributed by atoms with Crippen molar-refractivity contribution < 1.29 is 4.92 Å². The van der Waals surface area contributed by atoms with Gasteiger partial charge in [0.05, 0.1) is 15.6 Å². The summed E-state index contributed by atoms with van der Waals surface area (Å²) in [7, 11) is 0. The lowest BCUT2D eigenvalue weighted by Crippen LogP contribution is -1.99. The van der Waals surface area contributed by atoms with E-state index in [4.69, 9.17) is 11.6 Å². The van der Waals surface area contributed by atoms with Crippen LogP contribution in [0.5, 0.6) is 0 Å². The molecule has 0 aliphatic rings. The number of benzene rings is 1. The lowest BCUT2D eigenvalue weighted by atomic mass is 10.2. The Kier molecular flexibility index (Phi) is 3.61. The molecule has 0 atom stereocenters. The fourth-order valence-corrected chi connectivity index (χ4v) is 2.21. The molecule has 2 rings (SSSR count). The Balaban J connectivity index is 2.14. The summed E-state index contributed by atoms with van der Waals surface area (Å²) in [5, 5.41) is 18.2. The molecule has 0 saturated carbocycles. The maximum Gasteiger partial charge on any atom is 0.271 e. The Labute approximate surface area is 107 Å². The molecule has 2 aromatic rings. The molecule has 0 radical (unpaired) electrons. The van der Waals surface area contributed by atoms with E-state index in [1.54, 1.807) is 11.3 Å². The fraction of sp³-hybridized carbons (Fsp3) is 0.0909. The molecule has 88 valence electrons. The van der Waals surface area contributed by atoms with Crippen molar-refractivity contribution in [1.82, 2.24) is 0 Å². The molecule has 0 bridgehead atoms. The van der Waals surface area contributed by atoms with E-state index in [1.807, 2.05) is 16.8 Å². The van der Waals surface area contributed by atoms with Crippen molar-refractivity contribution in [2.45, 2.75) is 6.54 Å². The number of nitro groups is 1. The van der Waals surface area contributed by atoms with Gasteiger partial charge >= 0.3 is 0 Å². The van der Waals surface area contributed by atoms with Crippen LogP contribution in [0.15, 0.2) is 35.0 Å². The van der Waals surface area contributed by atoms with E-state index >= 15 is 0 Å². The van der Waals surface area contributed by atoms with Gasteiger partial charge in [-0.3, -0.25) is 10.1 Å². The van der Waals surface area contributed by atoms with Gasteiger partial charge in [0, 0.05) is 18.7 Å². The molecule has 1 N–H and O–H groups in total. The molecular formula is C11H9ClN2O2S. The molecule has 0 fully saturated rings. The summed E-state index contributed by atoms with van der Waals surface area (Å²) in [6, 6.07) is 6.34. The Morgan fingerprint density at radius 1 is 1.41 bits per heavy atom. The third-order valence-electron chi connectivity index (χ3n) is 2.22. The maximum absolute atomic E-state index is 10.6. The number of nitrogens with one attached hydrogen (secondary N) is 1. The second kappa shape index (κ2) is 5.16. The first-order chi connectivity index (χ1) is 8.16. The highest BCUT2D eigenvalue weighted by atomic mass is 35.5. The number of thiophene rings is 1. The molecule has 0 saturated heterocycles. The number of hydrogen-bond donors (Lipinski definition) is 1. The van der Waals surface area contributed by atoms with Gasteiger partial charge in [0.2, 0.25) is 0 Å². The van der Waals surface area contributed by atoms with E-state index in [2.05, 4.69) is 5.32 Å². The van der Waals surface area contributed by atoms with Crippen LogP contribution in [-0.2, 0) is 6.54 Å². The van der Waals surface area contributed by atoms with E-state index in [0.717, 1.165) is 5.56 Å². The van der Waals surface area contributed by atoms with Crippen LogP contribution in [0.2, 0.25) is 5.02 Å². The summed E-state index contributed by atoms with van der Waals surface area (Å²) in [6.45, 7) is 0.602. The summed E-state index contributed by atoms with van der Waals surface area (Å²) in [4.78, 5) is 10.2. The third kappa shape index (κ3) is 2.95. The first-order valence-electron chi connectivity index (χ1n) is 4.85. The number of rotatable bonds is 4. The molecular weight excluding hydrogens is 260 g/mol. The SMILES string of the molecule is O=[N+]([O-])c1ccc(Cl)c(NCc2ccsc2)c1. The Bertz CT molecular complexity index is 528. The summed E-state index contributed by atoms with van der Waals surface area (Å²) in [5.74, 6) is 0. The van der Waals surface area contributed by atoms with Gasteiger partial charge in [-0.25, -0.2) is 0 Å². The summed E-state index contributed by atoms with van der Waals surface area (Å²) >= 11 is 7.56. The molecule has 4 nitrogen and oxygen atoms in total. The molecule has 6 heteroatoms. The van der Waals surface area contributed by atoms with Crippen molar-refractivity contribution >= 4 is 34.3 Å². The van der Waals surface area contributed by atoms with Gasteiger partial charge in [-0.2, -0.15) is 11.3 Å². The number of halogens is 1. The zero-order chi connectivity index (χ0) is 12.3. The van der Waals surface area contributed by atoms with E-state index < -0.39 is 4.92 Å². The Morgan fingerprint density at radius 3 is 2.88 bits per heavy atom. The summed E-state index contributed by atoms with van der Waals surface area (Å²) < 4.78 is 0. The molecule has 1 aromatic carbocycles. The van der Waals surface area contributed by atoms with Crippen molar-refractivity contribution in [3.05, 3.63) is 55.7 Å². The highest BCUT2D eigenvalue weighted by molar-refractivity contribution is 7.07. The molecule has 0 aliphatic heterocycles. The lowest BCUT2D eigenvalue weighted by molar-refractivity contribution is -0.384. The average molecular weight is 269 g/mol. The standard InChI is InChI=1S/C11H9ClN2O2S/c12-10-2-1-9(14(15)16)5-11(10)13-6-8-3-4-17-7-8/h1-5,7,13H,6H2.